The van der Waals surface area contributed by atoms with Crippen molar-refractivity contribution in [3.05, 3.63) is 47.3 Å². The number of carbonyl (C=O) groups excluding carboxylic acids is 1. The van der Waals surface area contributed by atoms with Gasteiger partial charge in [0.25, 0.3) is 16.0 Å². The minimum atomic E-state index is -4.19. The maximum Gasteiger partial charge on any atom is 0.339 e. The van der Waals surface area contributed by atoms with Gasteiger partial charge in [-0.2, -0.15) is 0 Å². The molecule has 0 atom stereocenters. The minimum absolute atomic E-state index is 0.119. The Balaban J connectivity index is 2.36. The molecule has 144 valence electrons. The first kappa shape index (κ1) is 20.1. The Kier molecular flexibility index (Phi) is 6.29. The van der Waals surface area contributed by atoms with Gasteiger partial charge in [-0.05, 0) is 37.2 Å². The van der Waals surface area contributed by atoms with Gasteiger partial charge in [-0.1, -0.05) is 12.1 Å². The topological polar surface area (TPSA) is 132 Å². The number of oxime groups is 1. The number of guanidine groups is 1. The molecule has 2 rings (SSSR count). The molecular formula is C16H19N5O5S. The molecule has 27 heavy (non-hydrogen) atoms. The number of sulfonamides is 1. The highest BCUT2D eigenvalue weighted by molar-refractivity contribution is 7.90. The summed E-state index contributed by atoms with van der Waals surface area (Å²) >= 11 is 0. The molecule has 1 heterocycles. The second kappa shape index (κ2) is 8.45. The van der Waals surface area contributed by atoms with Gasteiger partial charge in [-0.25, -0.2) is 27.9 Å². The maximum absolute atomic E-state index is 12.7. The Bertz CT molecular complexity index is 955. The lowest BCUT2D eigenvalue weighted by Gasteiger charge is -2.13. The lowest BCUT2D eigenvalue weighted by Crippen LogP contribution is -2.37. The molecule has 11 heteroatoms. The summed E-state index contributed by atoms with van der Waals surface area (Å²) in [6.07, 6.45) is 0. The van der Waals surface area contributed by atoms with Crippen LogP contribution in [0.5, 0.6) is 0 Å². The zero-order valence-corrected chi connectivity index (χ0v) is 16.0. The van der Waals surface area contributed by atoms with E-state index in [-0.39, 0.29) is 22.4 Å². The average Bonchev–Trinajstić information content (AvgIpc) is 2.60. The van der Waals surface area contributed by atoms with Crippen molar-refractivity contribution in [2.24, 2.45) is 5.16 Å². The van der Waals surface area contributed by atoms with Crippen LogP contribution in [0.3, 0.4) is 0 Å². The Morgan fingerprint density at radius 3 is 2.33 bits per heavy atom. The van der Waals surface area contributed by atoms with Crippen molar-refractivity contribution in [3.63, 3.8) is 0 Å². The van der Waals surface area contributed by atoms with E-state index in [4.69, 9.17) is 0 Å². The molecule has 0 bridgehead atoms. The normalized spacial score (nSPS) is 11.6. The number of aryl methyl sites for hydroxylation is 2. The highest BCUT2D eigenvalue weighted by atomic mass is 32.2. The van der Waals surface area contributed by atoms with Crippen molar-refractivity contribution in [3.8, 4) is 0 Å². The number of anilines is 1. The van der Waals surface area contributed by atoms with E-state index in [0.29, 0.717) is 11.4 Å². The predicted molar refractivity (Wildman–Crippen MR) is 97.7 cm³/mol. The van der Waals surface area contributed by atoms with Gasteiger partial charge in [-0.15, -0.1) is 0 Å². The third-order valence-electron chi connectivity index (χ3n) is 3.21. The van der Waals surface area contributed by atoms with Gasteiger partial charge in [0.05, 0.1) is 12.7 Å². The third-order valence-corrected chi connectivity index (χ3v) is 4.61. The van der Waals surface area contributed by atoms with Crippen molar-refractivity contribution in [1.29, 1.82) is 0 Å². The second-order valence-electron chi connectivity index (χ2n) is 5.32. The highest BCUT2D eigenvalue weighted by Crippen LogP contribution is 2.16. The highest BCUT2D eigenvalue weighted by Gasteiger charge is 2.24. The number of ether oxygens (including phenoxy) is 1. The summed E-state index contributed by atoms with van der Waals surface area (Å²) in [4.78, 5) is 24.5. The molecule has 0 radical (unpaired) electrons. The number of hydrogen-bond donors (Lipinski definition) is 2. The molecule has 0 amide bonds. The number of methoxy groups -OCH3 is 1. The van der Waals surface area contributed by atoms with Crippen molar-refractivity contribution >= 4 is 27.9 Å². The van der Waals surface area contributed by atoms with E-state index < -0.39 is 16.0 Å². The van der Waals surface area contributed by atoms with Gasteiger partial charge in [0.2, 0.25) is 5.95 Å². The van der Waals surface area contributed by atoms with Crippen molar-refractivity contribution in [2.45, 2.75) is 18.7 Å². The minimum Gasteiger partial charge on any atom is -0.465 e. The van der Waals surface area contributed by atoms with Crippen molar-refractivity contribution < 1.29 is 22.8 Å². The van der Waals surface area contributed by atoms with Gasteiger partial charge in [0.15, 0.2) is 0 Å². The molecule has 0 aliphatic rings. The fraction of sp³-hybridized carbons (Fsp3) is 0.250. The number of nitrogens with zero attached hydrogens (tertiary/aromatic N) is 3. The molecular weight excluding hydrogens is 374 g/mol. The first-order valence-corrected chi connectivity index (χ1v) is 9.15. The van der Waals surface area contributed by atoms with Crippen molar-refractivity contribution in [1.82, 2.24) is 14.7 Å². The van der Waals surface area contributed by atoms with Crippen LogP contribution in [-0.4, -0.2) is 44.5 Å². The molecule has 0 spiro atoms. The summed E-state index contributed by atoms with van der Waals surface area (Å²) < 4.78 is 32.3. The van der Waals surface area contributed by atoms with E-state index in [9.17, 15) is 13.2 Å². The largest absolute Gasteiger partial charge is 0.465 e. The Labute approximate surface area is 156 Å². The van der Waals surface area contributed by atoms with E-state index in [1.54, 1.807) is 19.9 Å². The number of carbonyl (C=O) groups is 1. The lowest BCUT2D eigenvalue weighted by atomic mass is 10.2. The van der Waals surface area contributed by atoms with Gasteiger partial charge in [0.1, 0.15) is 12.0 Å². The van der Waals surface area contributed by atoms with Crippen LogP contribution >= 0.6 is 0 Å². The number of hydrogen-bond acceptors (Lipinski definition) is 8. The smallest absolute Gasteiger partial charge is 0.339 e. The molecule has 0 unspecified atom stereocenters. The fourth-order valence-corrected chi connectivity index (χ4v) is 3.36. The zero-order chi connectivity index (χ0) is 20.0. The predicted octanol–water partition coefficient (Wildman–Crippen LogP) is 1.19. The van der Waals surface area contributed by atoms with Gasteiger partial charge < -0.3 is 9.57 Å². The first-order chi connectivity index (χ1) is 12.8. The van der Waals surface area contributed by atoms with Gasteiger partial charge >= 0.3 is 5.97 Å². The molecule has 2 N–H and O–H groups in total. The fourth-order valence-electron chi connectivity index (χ4n) is 2.21. The summed E-state index contributed by atoms with van der Waals surface area (Å²) in [6.45, 7) is 3.54. The quantitative estimate of drug-likeness (QED) is 0.335. The summed E-state index contributed by atoms with van der Waals surface area (Å²) in [5, 5.41) is 6.25. The summed E-state index contributed by atoms with van der Waals surface area (Å²) in [7, 11) is -1.77. The van der Waals surface area contributed by atoms with Crippen LogP contribution < -0.4 is 10.0 Å². The van der Waals surface area contributed by atoms with Gasteiger partial charge in [-0.3, -0.25) is 5.32 Å². The van der Waals surface area contributed by atoms with E-state index >= 15 is 0 Å². The third kappa shape index (κ3) is 5.14. The Morgan fingerprint density at radius 2 is 1.74 bits per heavy atom. The SMILES string of the molecule is CON=C(Nc1nc(C)cc(C)n1)NS(=O)(=O)c1ccccc1C(=O)OC. The number of aromatic nitrogens is 2. The van der Waals surface area contributed by atoms with E-state index in [2.05, 4.69) is 34.7 Å². The lowest BCUT2D eigenvalue weighted by molar-refractivity contribution is 0.0596. The average molecular weight is 393 g/mol. The van der Waals surface area contributed by atoms with E-state index in [0.717, 1.165) is 7.11 Å². The molecule has 0 saturated heterocycles. The standard InChI is InChI=1S/C16H19N5O5S/c1-10-9-11(2)18-15(17-10)19-16(20-26-4)21-27(23,24)13-8-6-5-7-12(13)14(22)25-3/h5-9H,1-4H3,(H2,17,18,19,20,21). The van der Waals surface area contributed by atoms with Crippen LogP contribution in [0.1, 0.15) is 21.7 Å². The van der Waals surface area contributed by atoms with Crippen LogP contribution in [-0.2, 0) is 19.6 Å². The summed E-state index contributed by atoms with van der Waals surface area (Å²) in [5.74, 6) is -0.929. The molecule has 1 aromatic heterocycles. The first-order valence-electron chi connectivity index (χ1n) is 7.67. The van der Waals surface area contributed by atoms with E-state index in [1.165, 1.54) is 31.4 Å². The molecule has 0 saturated carbocycles. The molecule has 10 nitrogen and oxygen atoms in total. The molecule has 0 aliphatic carbocycles. The molecule has 2 aromatic rings. The van der Waals surface area contributed by atoms with Crippen LogP contribution in [0.25, 0.3) is 0 Å². The monoisotopic (exact) mass is 393 g/mol. The zero-order valence-electron chi connectivity index (χ0n) is 15.2. The van der Waals surface area contributed by atoms with Crippen LogP contribution in [0, 0.1) is 13.8 Å². The van der Waals surface area contributed by atoms with Crippen LogP contribution in [0.4, 0.5) is 5.95 Å². The number of benzene rings is 1. The molecule has 1 aromatic carbocycles. The van der Waals surface area contributed by atoms with Crippen LogP contribution in [0.2, 0.25) is 0 Å². The maximum atomic E-state index is 12.7. The van der Waals surface area contributed by atoms with Gasteiger partial charge in [0, 0.05) is 11.4 Å². The Hall–Kier alpha value is -3.21. The molecule has 0 aliphatic heterocycles. The number of nitrogens with one attached hydrogen (secondary N) is 2. The van der Waals surface area contributed by atoms with E-state index in [1.807, 2.05) is 0 Å². The number of esters is 1. The van der Waals surface area contributed by atoms with Crippen molar-refractivity contribution in [2.75, 3.05) is 19.5 Å². The summed E-state index contributed by atoms with van der Waals surface area (Å²) in [5.41, 5.74) is 1.24. The number of rotatable bonds is 5. The second-order valence-corrected chi connectivity index (χ2v) is 6.97. The summed E-state index contributed by atoms with van der Waals surface area (Å²) in [6, 6.07) is 7.38. The van der Waals surface area contributed by atoms with Crippen LogP contribution in [0.15, 0.2) is 40.4 Å². The molecule has 0 fully saturated rings. The Morgan fingerprint density at radius 1 is 1.11 bits per heavy atom.